The van der Waals surface area contributed by atoms with Crippen molar-refractivity contribution >= 4 is 30.0 Å². The molecule has 0 spiro atoms. The molecular weight excluding hydrogens is 461 g/mol. The van der Waals surface area contributed by atoms with Crippen molar-refractivity contribution in [3.8, 4) is 5.75 Å². The molecule has 1 aliphatic rings. The smallest absolute Gasteiger partial charge is 0.335 e. The zero-order valence-electron chi connectivity index (χ0n) is 18.0. The second-order valence-electron chi connectivity index (χ2n) is 8.14. The molecule has 0 unspecified atom stereocenters. The van der Waals surface area contributed by atoms with Gasteiger partial charge in [0.05, 0.1) is 11.7 Å². The van der Waals surface area contributed by atoms with E-state index in [1.54, 1.807) is 30.3 Å². The highest BCUT2D eigenvalue weighted by molar-refractivity contribution is 6.30. The van der Waals surface area contributed by atoms with Crippen molar-refractivity contribution in [2.24, 2.45) is 0 Å². The summed E-state index contributed by atoms with van der Waals surface area (Å²) >= 11 is 6.03. The Balaban J connectivity index is 0.00000306. The molecule has 7 heteroatoms. The minimum absolute atomic E-state index is 0. The molecule has 0 bridgehead atoms. The molecule has 0 aliphatic heterocycles. The monoisotopic (exact) mass is 487 g/mol. The van der Waals surface area contributed by atoms with Gasteiger partial charge in [-0.2, -0.15) is 0 Å². The number of aromatic carboxylic acids is 1. The number of aliphatic hydroxyl groups is 1. The first-order valence-electron chi connectivity index (χ1n) is 10.7. The average Bonchev–Trinajstić information content (AvgIpc) is 2.81. The molecule has 4 rings (SSSR count). The van der Waals surface area contributed by atoms with E-state index in [1.165, 1.54) is 11.1 Å². The largest absolute Gasteiger partial charge is 0.489 e. The number of hydrogen-bond acceptors (Lipinski definition) is 4. The topological polar surface area (TPSA) is 78.8 Å². The van der Waals surface area contributed by atoms with E-state index < -0.39 is 12.1 Å². The molecule has 0 radical (unpaired) electrons. The summed E-state index contributed by atoms with van der Waals surface area (Å²) in [4.78, 5) is 11.1. The number of nitrogens with one attached hydrogen (secondary N) is 1. The van der Waals surface area contributed by atoms with Crippen molar-refractivity contribution in [3.63, 3.8) is 0 Å². The number of aryl methyl sites for hydroxylation is 1. The van der Waals surface area contributed by atoms with Gasteiger partial charge in [-0.3, -0.25) is 0 Å². The third-order valence-corrected chi connectivity index (χ3v) is 6.05. The first kappa shape index (κ1) is 25.1. The van der Waals surface area contributed by atoms with Crippen LogP contribution in [0.4, 0.5) is 0 Å². The SMILES string of the molecule is Cl.O=C(O)c1cccc(COc2ccc3c(c2)C[C@@H](NC[C@@H](O)c2cccc(Cl)c2)CC3)c1. The summed E-state index contributed by atoms with van der Waals surface area (Å²) in [6, 6.07) is 20.5. The number of fused-ring (bicyclic) bond motifs is 1. The van der Waals surface area contributed by atoms with E-state index in [0.717, 1.165) is 36.1 Å². The van der Waals surface area contributed by atoms with Gasteiger partial charge in [-0.1, -0.05) is 41.9 Å². The second kappa shape index (κ2) is 11.5. The van der Waals surface area contributed by atoms with Gasteiger partial charge in [-0.25, -0.2) is 4.79 Å². The van der Waals surface area contributed by atoms with Crippen molar-refractivity contribution in [3.05, 3.63) is 99.6 Å². The van der Waals surface area contributed by atoms with E-state index in [-0.39, 0.29) is 24.0 Å². The molecule has 0 fully saturated rings. The summed E-state index contributed by atoms with van der Waals surface area (Å²) in [5.41, 5.74) is 4.44. The Kier molecular flexibility index (Phi) is 8.75. The molecule has 174 valence electrons. The molecular formula is C26H27Cl2NO4. The van der Waals surface area contributed by atoms with Crippen LogP contribution in [0.2, 0.25) is 5.02 Å². The highest BCUT2D eigenvalue weighted by atomic mass is 35.5. The number of aliphatic hydroxyl groups excluding tert-OH is 1. The van der Waals surface area contributed by atoms with Gasteiger partial charge in [0.15, 0.2) is 0 Å². The number of hydrogen-bond donors (Lipinski definition) is 3. The lowest BCUT2D eigenvalue weighted by atomic mass is 9.88. The van der Waals surface area contributed by atoms with Crippen LogP contribution in [0.25, 0.3) is 0 Å². The lowest BCUT2D eigenvalue weighted by Crippen LogP contribution is -2.37. The zero-order chi connectivity index (χ0) is 22.5. The van der Waals surface area contributed by atoms with Crippen LogP contribution < -0.4 is 10.1 Å². The fraction of sp³-hybridized carbons (Fsp3) is 0.269. The first-order chi connectivity index (χ1) is 15.5. The van der Waals surface area contributed by atoms with Crippen LogP contribution in [0.15, 0.2) is 66.7 Å². The minimum Gasteiger partial charge on any atom is -0.489 e. The Morgan fingerprint density at radius 1 is 1.09 bits per heavy atom. The summed E-state index contributed by atoms with van der Waals surface area (Å²) in [5.74, 6) is -0.177. The van der Waals surface area contributed by atoms with Crippen LogP contribution in [-0.2, 0) is 19.4 Å². The number of ether oxygens (including phenoxy) is 1. The number of carbonyl (C=O) groups is 1. The molecule has 0 aromatic heterocycles. The molecule has 33 heavy (non-hydrogen) atoms. The van der Waals surface area contributed by atoms with Gasteiger partial charge >= 0.3 is 5.97 Å². The van der Waals surface area contributed by atoms with Crippen LogP contribution >= 0.6 is 24.0 Å². The van der Waals surface area contributed by atoms with Gasteiger partial charge in [0.25, 0.3) is 0 Å². The van der Waals surface area contributed by atoms with E-state index >= 15 is 0 Å². The highest BCUT2D eigenvalue weighted by Gasteiger charge is 2.20. The Morgan fingerprint density at radius 2 is 1.91 bits per heavy atom. The van der Waals surface area contributed by atoms with Gasteiger partial charge in [-0.05, 0) is 77.9 Å². The number of rotatable bonds is 8. The van der Waals surface area contributed by atoms with Crippen molar-refractivity contribution in [1.82, 2.24) is 5.32 Å². The Hall–Kier alpha value is -2.57. The standard InChI is InChI=1S/C26H26ClNO4.ClH/c27-22-6-2-4-19(12-22)25(29)15-28-23-9-7-18-8-10-24(14-21(18)13-23)32-16-17-3-1-5-20(11-17)26(30)31;/h1-6,8,10-12,14,23,25,28-29H,7,9,13,15-16H2,(H,30,31);1H/t23-,25+;/m0./s1. The second-order valence-corrected chi connectivity index (χ2v) is 8.58. The lowest BCUT2D eigenvalue weighted by molar-refractivity contribution is 0.0696. The molecule has 0 saturated carbocycles. The maximum Gasteiger partial charge on any atom is 0.335 e. The Labute approximate surface area is 204 Å². The molecule has 3 aromatic rings. The van der Waals surface area contributed by atoms with Crippen molar-refractivity contribution in [2.45, 2.75) is 38.0 Å². The quantitative estimate of drug-likeness (QED) is 0.405. The van der Waals surface area contributed by atoms with Crippen molar-refractivity contribution in [1.29, 1.82) is 0 Å². The minimum atomic E-state index is -0.945. The van der Waals surface area contributed by atoms with Crippen LogP contribution in [0.5, 0.6) is 5.75 Å². The van der Waals surface area contributed by atoms with Gasteiger partial charge in [0.1, 0.15) is 12.4 Å². The molecule has 1 aliphatic carbocycles. The summed E-state index contributed by atoms with van der Waals surface area (Å²) in [7, 11) is 0. The summed E-state index contributed by atoms with van der Waals surface area (Å²) in [6.07, 6.45) is 2.24. The summed E-state index contributed by atoms with van der Waals surface area (Å²) in [5, 5.41) is 23.7. The van der Waals surface area contributed by atoms with E-state index in [9.17, 15) is 9.90 Å². The normalized spacial score (nSPS) is 15.8. The fourth-order valence-electron chi connectivity index (χ4n) is 4.07. The number of carboxylic acid groups (broad SMARTS) is 1. The van der Waals surface area contributed by atoms with Crippen LogP contribution in [-0.4, -0.2) is 28.8 Å². The number of carboxylic acids is 1. The number of benzene rings is 3. The third kappa shape index (κ3) is 6.71. The molecule has 5 nitrogen and oxygen atoms in total. The summed E-state index contributed by atoms with van der Waals surface area (Å²) in [6.45, 7) is 0.782. The maximum atomic E-state index is 11.1. The van der Waals surface area contributed by atoms with Gasteiger partial charge in [0.2, 0.25) is 0 Å². The summed E-state index contributed by atoms with van der Waals surface area (Å²) < 4.78 is 5.93. The van der Waals surface area contributed by atoms with Gasteiger partial charge in [-0.15, -0.1) is 12.4 Å². The predicted octanol–water partition coefficient (Wildman–Crippen LogP) is 5.22. The van der Waals surface area contributed by atoms with E-state index in [2.05, 4.69) is 17.4 Å². The molecule has 0 amide bonds. The molecule has 2 atom stereocenters. The molecule has 0 saturated heterocycles. The lowest BCUT2D eigenvalue weighted by Gasteiger charge is -2.27. The van der Waals surface area contributed by atoms with Gasteiger partial charge < -0.3 is 20.3 Å². The Morgan fingerprint density at radius 3 is 2.70 bits per heavy atom. The Bertz CT molecular complexity index is 1110. The first-order valence-corrected chi connectivity index (χ1v) is 11.1. The fourth-order valence-corrected chi connectivity index (χ4v) is 4.27. The van der Waals surface area contributed by atoms with E-state index in [4.69, 9.17) is 21.4 Å². The molecule has 0 heterocycles. The van der Waals surface area contributed by atoms with Crippen LogP contribution in [0.1, 0.15) is 45.1 Å². The van der Waals surface area contributed by atoms with Gasteiger partial charge in [0, 0.05) is 17.6 Å². The van der Waals surface area contributed by atoms with E-state index in [1.807, 2.05) is 24.3 Å². The number of halogens is 2. The third-order valence-electron chi connectivity index (χ3n) is 5.82. The molecule has 3 aromatic carbocycles. The van der Waals surface area contributed by atoms with Crippen molar-refractivity contribution in [2.75, 3.05) is 6.54 Å². The molecule has 3 N–H and O–H groups in total. The maximum absolute atomic E-state index is 11.1. The van der Waals surface area contributed by atoms with Crippen LogP contribution in [0, 0.1) is 0 Å². The van der Waals surface area contributed by atoms with E-state index in [0.29, 0.717) is 18.2 Å². The predicted molar refractivity (Wildman–Crippen MR) is 132 cm³/mol. The average molecular weight is 488 g/mol. The zero-order valence-corrected chi connectivity index (χ0v) is 19.6. The van der Waals surface area contributed by atoms with Crippen molar-refractivity contribution < 1.29 is 19.7 Å². The highest BCUT2D eigenvalue weighted by Crippen LogP contribution is 2.27. The van der Waals surface area contributed by atoms with Crippen LogP contribution in [0.3, 0.4) is 0 Å².